The molecule has 0 spiro atoms. The number of nitrogens with two attached hydrogens (primary N) is 1. The first-order chi connectivity index (χ1) is 8.19. The van der Waals surface area contributed by atoms with E-state index in [1.807, 2.05) is 0 Å². The monoisotopic (exact) mass is 257 g/mol. The van der Waals surface area contributed by atoms with Gasteiger partial charge in [0.1, 0.15) is 16.5 Å². The Kier molecular flexibility index (Phi) is 5.59. The third-order valence-corrected chi connectivity index (χ3v) is 3.11. The van der Waals surface area contributed by atoms with Crippen LogP contribution in [0.15, 0.2) is 6.07 Å². The number of benzene rings is 1. The molecule has 1 rings (SSSR count). The highest BCUT2D eigenvalue weighted by Crippen LogP contribution is 2.40. The van der Waals surface area contributed by atoms with E-state index in [-0.39, 0.29) is 0 Å². The lowest BCUT2D eigenvalue weighted by molar-refractivity contribution is 0.388. The maximum Gasteiger partial charge on any atom is 0.144 e. The van der Waals surface area contributed by atoms with E-state index >= 15 is 0 Å². The van der Waals surface area contributed by atoms with Crippen LogP contribution in [0.25, 0.3) is 0 Å². The highest BCUT2D eigenvalue weighted by Gasteiger charge is 2.16. The maximum absolute atomic E-state index is 6.30. The molecule has 0 saturated carbocycles. The Hall–Kier alpha value is -0.930. The predicted octanol–water partition coefficient (Wildman–Crippen LogP) is 2.81. The molecule has 0 amide bonds. The van der Waals surface area contributed by atoms with Crippen LogP contribution in [0.4, 0.5) is 0 Å². The first kappa shape index (κ1) is 14.1. The average molecular weight is 258 g/mol. The third-order valence-electron chi connectivity index (χ3n) is 2.77. The molecule has 2 N–H and O–H groups in total. The Balaban J connectivity index is 3.24. The third kappa shape index (κ3) is 3.05. The van der Waals surface area contributed by atoms with Crippen LogP contribution < -0.4 is 15.2 Å². The molecule has 0 heterocycles. The number of halogens is 1. The van der Waals surface area contributed by atoms with Crippen molar-refractivity contribution >= 4 is 11.6 Å². The standard InChI is InChI=1S/C13H20ClNO2/c1-4-9-8-10(6-5-7-15)13(17-3)11(14)12(9)16-2/h8H,4-7,15H2,1-3H3. The lowest BCUT2D eigenvalue weighted by Gasteiger charge is -2.16. The van der Waals surface area contributed by atoms with Crippen molar-refractivity contribution in [3.05, 3.63) is 22.2 Å². The second-order valence-electron chi connectivity index (χ2n) is 3.82. The fourth-order valence-corrected chi connectivity index (χ4v) is 2.31. The van der Waals surface area contributed by atoms with Gasteiger partial charge in [0.15, 0.2) is 0 Å². The van der Waals surface area contributed by atoms with Gasteiger partial charge < -0.3 is 15.2 Å². The zero-order valence-corrected chi connectivity index (χ0v) is 11.4. The summed E-state index contributed by atoms with van der Waals surface area (Å²) in [6.45, 7) is 2.74. The Labute approximate surface area is 108 Å². The minimum Gasteiger partial charge on any atom is -0.495 e. The average Bonchev–Trinajstić information content (AvgIpc) is 2.35. The lowest BCUT2D eigenvalue weighted by atomic mass is 10.0. The summed E-state index contributed by atoms with van der Waals surface area (Å²) in [6.07, 6.45) is 2.67. The summed E-state index contributed by atoms with van der Waals surface area (Å²) in [5.41, 5.74) is 7.73. The maximum atomic E-state index is 6.30. The molecular weight excluding hydrogens is 238 g/mol. The van der Waals surface area contributed by atoms with Gasteiger partial charge in [0.05, 0.1) is 14.2 Å². The van der Waals surface area contributed by atoms with E-state index in [1.165, 1.54) is 0 Å². The molecule has 1 aromatic carbocycles. The van der Waals surface area contributed by atoms with Gasteiger partial charge in [-0.3, -0.25) is 0 Å². The van der Waals surface area contributed by atoms with Crippen molar-refractivity contribution in [1.82, 2.24) is 0 Å². The lowest BCUT2D eigenvalue weighted by Crippen LogP contribution is -2.04. The first-order valence-corrected chi connectivity index (χ1v) is 6.19. The van der Waals surface area contributed by atoms with Crippen LogP contribution >= 0.6 is 11.6 Å². The molecule has 0 aliphatic rings. The number of ether oxygens (including phenoxy) is 2. The van der Waals surface area contributed by atoms with E-state index in [4.69, 9.17) is 26.8 Å². The molecule has 0 aromatic heterocycles. The minimum absolute atomic E-state index is 0.557. The molecule has 3 nitrogen and oxygen atoms in total. The Morgan fingerprint density at radius 2 is 1.76 bits per heavy atom. The summed E-state index contributed by atoms with van der Waals surface area (Å²) in [4.78, 5) is 0. The predicted molar refractivity (Wildman–Crippen MR) is 71.3 cm³/mol. The van der Waals surface area contributed by atoms with Crippen molar-refractivity contribution in [2.45, 2.75) is 26.2 Å². The number of rotatable bonds is 6. The zero-order valence-electron chi connectivity index (χ0n) is 10.7. The fraction of sp³-hybridized carbons (Fsp3) is 0.538. The SMILES string of the molecule is CCc1cc(CCCN)c(OC)c(Cl)c1OC. The molecule has 4 heteroatoms. The van der Waals surface area contributed by atoms with Crippen LogP contribution in [0.5, 0.6) is 11.5 Å². The van der Waals surface area contributed by atoms with Gasteiger partial charge in [-0.25, -0.2) is 0 Å². The molecule has 0 fully saturated rings. The van der Waals surface area contributed by atoms with Gasteiger partial charge in [0.2, 0.25) is 0 Å². The number of aryl methyl sites for hydroxylation is 2. The van der Waals surface area contributed by atoms with Crippen molar-refractivity contribution in [3.8, 4) is 11.5 Å². The van der Waals surface area contributed by atoms with Crippen molar-refractivity contribution in [3.63, 3.8) is 0 Å². The summed E-state index contributed by atoms with van der Waals surface area (Å²) in [7, 11) is 3.25. The molecule has 96 valence electrons. The summed E-state index contributed by atoms with van der Waals surface area (Å²) in [5, 5.41) is 0.557. The second-order valence-corrected chi connectivity index (χ2v) is 4.20. The molecule has 0 radical (unpaired) electrons. The zero-order chi connectivity index (χ0) is 12.8. The Morgan fingerprint density at radius 3 is 2.24 bits per heavy atom. The van der Waals surface area contributed by atoms with Crippen LogP contribution in [-0.4, -0.2) is 20.8 Å². The van der Waals surface area contributed by atoms with Gasteiger partial charge in [-0.2, -0.15) is 0 Å². The van der Waals surface area contributed by atoms with Gasteiger partial charge in [-0.05, 0) is 43.0 Å². The summed E-state index contributed by atoms with van der Waals surface area (Å²) < 4.78 is 10.7. The second kappa shape index (κ2) is 6.72. The van der Waals surface area contributed by atoms with Crippen LogP contribution in [0.2, 0.25) is 5.02 Å². The molecule has 1 aromatic rings. The van der Waals surface area contributed by atoms with Gasteiger partial charge in [-0.15, -0.1) is 0 Å². The fourth-order valence-electron chi connectivity index (χ4n) is 1.91. The quantitative estimate of drug-likeness (QED) is 0.852. The summed E-state index contributed by atoms with van der Waals surface area (Å²) >= 11 is 6.30. The van der Waals surface area contributed by atoms with Crippen molar-refractivity contribution < 1.29 is 9.47 Å². The number of hydrogen-bond donors (Lipinski definition) is 1. The molecular formula is C13H20ClNO2. The van der Waals surface area contributed by atoms with Gasteiger partial charge >= 0.3 is 0 Å². The Bertz CT molecular complexity index is 380. The molecule has 0 aliphatic carbocycles. The summed E-state index contributed by atoms with van der Waals surface area (Å²) in [5.74, 6) is 1.41. The highest BCUT2D eigenvalue weighted by atomic mass is 35.5. The molecule has 17 heavy (non-hydrogen) atoms. The smallest absolute Gasteiger partial charge is 0.144 e. The van der Waals surface area contributed by atoms with Gasteiger partial charge in [-0.1, -0.05) is 18.5 Å². The van der Waals surface area contributed by atoms with Crippen LogP contribution in [0.1, 0.15) is 24.5 Å². The van der Waals surface area contributed by atoms with Crippen LogP contribution in [-0.2, 0) is 12.8 Å². The minimum atomic E-state index is 0.557. The Morgan fingerprint density at radius 1 is 1.18 bits per heavy atom. The van der Waals surface area contributed by atoms with Gasteiger partial charge in [0.25, 0.3) is 0 Å². The van der Waals surface area contributed by atoms with Crippen molar-refractivity contribution in [1.29, 1.82) is 0 Å². The highest BCUT2D eigenvalue weighted by molar-refractivity contribution is 6.33. The molecule has 0 saturated heterocycles. The first-order valence-electron chi connectivity index (χ1n) is 5.81. The molecule has 0 aliphatic heterocycles. The number of methoxy groups -OCH3 is 2. The summed E-state index contributed by atoms with van der Waals surface area (Å²) in [6, 6.07) is 2.10. The van der Waals surface area contributed by atoms with Crippen molar-refractivity contribution in [2.24, 2.45) is 5.73 Å². The van der Waals surface area contributed by atoms with Crippen molar-refractivity contribution in [2.75, 3.05) is 20.8 Å². The number of hydrogen-bond acceptors (Lipinski definition) is 3. The van der Waals surface area contributed by atoms with Gasteiger partial charge in [0, 0.05) is 0 Å². The topological polar surface area (TPSA) is 44.5 Å². The molecule has 0 unspecified atom stereocenters. The molecule has 0 atom stereocenters. The van der Waals surface area contributed by atoms with E-state index in [1.54, 1.807) is 14.2 Å². The van der Waals surface area contributed by atoms with Crippen LogP contribution in [0, 0.1) is 0 Å². The van der Waals surface area contributed by atoms with Crippen LogP contribution in [0.3, 0.4) is 0 Å². The normalized spacial score (nSPS) is 10.4. The van der Waals surface area contributed by atoms with E-state index in [0.717, 1.165) is 30.4 Å². The van der Waals surface area contributed by atoms with E-state index < -0.39 is 0 Å². The van der Waals surface area contributed by atoms with E-state index in [9.17, 15) is 0 Å². The molecule has 0 bridgehead atoms. The largest absolute Gasteiger partial charge is 0.495 e. The van der Waals surface area contributed by atoms with E-state index in [0.29, 0.717) is 23.1 Å². The van der Waals surface area contributed by atoms with E-state index in [2.05, 4.69) is 13.0 Å².